The van der Waals surface area contributed by atoms with Gasteiger partial charge in [-0.05, 0) is 31.2 Å². The number of nitrogens with one attached hydrogen (secondary N) is 1. The Kier molecular flexibility index (Phi) is 6.08. The van der Waals surface area contributed by atoms with E-state index in [9.17, 15) is 9.59 Å². The van der Waals surface area contributed by atoms with Gasteiger partial charge in [-0.3, -0.25) is 14.5 Å². The maximum Gasteiger partial charge on any atom is 0.242 e. The van der Waals surface area contributed by atoms with Crippen molar-refractivity contribution in [2.24, 2.45) is 4.99 Å². The number of aryl methyl sites for hydroxylation is 1. The minimum absolute atomic E-state index is 0.0961. The highest BCUT2D eigenvalue weighted by Gasteiger charge is 2.38. The number of amidine groups is 1. The first-order valence-electron chi connectivity index (χ1n) is 8.66. The number of hydrogen-bond acceptors (Lipinski definition) is 4. The van der Waals surface area contributed by atoms with Gasteiger partial charge in [-0.2, -0.15) is 0 Å². The van der Waals surface area contributed by atoms with Gasteiger partial charge in [0.05, 0.1) is 5.69 Å². The van der Waals surface area contributed by atoms with Crippen LogP contribution < -0.4 is 5.32 Å². The van der Waals surface area contributed by atoms with Gasteiger partial charge in [-0.15, -0.1) is 6.58 Å². The van der Waals surface area contributed by atoms with E-state index >= 15 is 0 Å². The second-order valence-electron chi connectivity index (χ2n) is 6.19. The van der Waals surface area contributed by atoms with Crippen molar-refractivity contribution in [3.05, 3.63) is 72.8 Å². The number of hydrogen-bond donors (Lipinski definition) is 1. The highest BCUT2D eigenvalue weighted by atomic mass is 32.2. The molecule has 1 N–H and O–H groups in total. The number of nitrogens with zero attached hydrogens (tertiary/aromatic N) is 2. The Balaban J connectivity index is 1.71. The molecule has 3 rings (SSSR count). The Bertz CT molecular complexity index is 863. The SMILES string of the molecule is C=CCN1C(=O)[C@H](CC(=O)Nc2ccc(C)cc2)SC1=Nc1ccccc1. The molecule has 2 amide bonds. The molecule has 27 heavy (non-hydrogen) atoms. The molecule has 0 spiro atoms. The number of amides is 2. The molecule has 138 valence electrons. The molecular weight excluding hydrogens is 358 g/mol. The standard InChI is InChI=1S/C21H21N3O2S/c1-3-13-24-20(26)18(27-21(24)23-16-7-5-4-6-8-16)14-19(25)22-17-11-9-15(2)10-12-17/h3-12,18H,1,13-14H2,2H3,(H,22,25)/t18-/m0/s1. The number of aliphatic imine (C=N–C) groups is 1. The fourth-order valence-electron chi connectivity index (χ4n) is 2.65. The van der Waals surface area contributed by atoms with Crippen LogP contribution in [-0.2, 0) is 9.59 Å². The zero-order chi connectivity index (χ0) is 19.2. The number of benzene rings is 2. The summed E-state index contributed by atoms with van der Waals surface area (Å²) in [5.41, 5.74) is 2.62. The molecule has 1 fully saturated rings. The maximum atomic E-state index is 12.7. The van der Waals surface area contributed by atoms with Crippen molar-refractivity contribution in [1.82, 2.24) is 4.90 Å². The average Bonchev–Trinajstić information content (AvgIpc) is 2.93. The van der Waals surface area contributed by atoms with Gasteiger partial charge in [0, 0.05) is 18.7 Å². The second kappa shape index (κ2) is 8.68. The predicted octanol–water partition coefficient (Wildman–Crippen LogP) is 4.14. The molecule has 1 aliphatic rings. The lowest BCUT2D eigenvalue weighted by molar-refractivity contribution is -0.127. The van der Waals surface area contributed by atoms with Gasteiger partial charge in [0.25, 0.3) is 0 Å². The normalized spacial score (nSPS) is 18.0. The van der Waals surface area contributed by atoms with E-state index in [1.807, 2.05) is 61.5 Å². The zero-order valence-corrected chi connectivity index (χ0v) is 15.9. The van der Waals surface area contributed by atoms with E-state index in [1.54, 1.807) is 11.0 Å². The molecule has 5 nitrogen and oxygen atoms in total. The van der Waals surface area contributed by atoms with E-state index in [-0.39, 0.29) is 18.2 Å². The van der Waals surface area contributed by atoms with E-state index in [2.05, 4.69) is 16.9 Å². The monoisotopic (exact) mass is 379 g/mol. The van der Waals surface area contributed by atoms with E-state index in [1.165, 1.54) is 11.8 Å². The lowest BCUT2D eigenvalue weighted by Crippen LogP contribution is -2.33. The highest BCUT2D eigenvalue weighted by molar-refractivity contribution is 8.15. The van der Waals surface area contributed by atoms with Crippen LogP contribution in [-0.4, -0.2) is 33.7 Å². The third-order valence-corrected chi connectivity index (χ3v) is 5.19. The van der Waals surface area contributed by atoms with Gasteiger partial charge in [0.1, 0.15) is 5.25 Å². The lowest BCUT2D eigenvalue weighted by atomic mass is 10.2. The quantitative estimate of drug-likeness (QED) is 0.767. The molecule has 6 heteroatoms. The molecule has 1 heterocycles. The molecule has 1 saturated heterocycles. The Morgan fingerprint density at radius 3 is 2.59 bits per heavy atom. The Hall–Kier alpha value is -2.86. The molecule has 0 aliphatic carbocycles. The van der Waals surface area contributed by atoms with Crippen molar-refractivity contribution in [2.75, 3.05) is 11.9 Å². The Morgan fingerprint density at radius 2 is 1.93 bits per heavy atom. The van der Waals surface area contributed by atoms with Gasteiger partial charge in [0.15, 0.2) is 5.17 Å². The van der Waals surface area contributed by atoms with Crippen LogP contribution in [0.1, 0.15) is 12.0 Å². The van der Waals surface area contributed by atoms with Crippen LogP contribution in [0.3, 0.4) is 0 Å². The summed E-state index contributed by atoms with van der Waals surface area (Å²) in [4.78, 5) is 31.2. The molecule has 0 saturated carbocycles. The summed E-state index contributed by atoms with van der Waals surface area (Å²) >= 11 is 1.32. The van der Waals surface area contributed by atoms with Crippen molar-refractivity contribution in [1.29, 1.82) is 0 Å². The molecule has 2 aromatic rings. The van der Waals surface area contributed by atoms with Crippen LogP contribution in [0.25, 0.3) is 0 Å². The number of rotatable bonds is 6. The largest absolute Gasteiger partial charge is 0.326 e. The summed E-state index contributed by atoms with van der Waals surface area (Å²) in [5.74, 6) is -0.308. The molecule has 1 aliphatic heterocycles. The van der Waals surface area contributed by atoms with Crippen molar-refractivity contribution in [3.8, 4) is 0 Å². The molecule has 1 atom stereocenters. The Labute approximate surface area is 163 Å². The summed E-state index contributed by atoms with van der Waals surface area (Å²) in [5, 5.41) is 2.95. The van der Waals surface area contributed by atoms with Gasteiger partial charge >= 0.3 is 0 Å². The zero-order valence-electron chi connectivity index (χ0n) is 15.1. The van der Waals surface area contributed by atoms with E-state index in [0.717, 1.165) is 16.9 Å². The highest BCUT2D eigenvalue weighted by Crippen LogP contribution is 2.31. The number of carbonyl (C=O) groups is 2. The third-order valence-electron chi connectivity index (χ3n) is 4.02. The van der Waals surface area contributed by atoms with Gasteiger partial charge in [-0.25, -0.2) is 4.99 Å². The fourth-order valence-corrected chi connectivity index (χ4v) is 3.82. The van der Waals surface area contributed by atoms with Crippen LogP contribution >= 0.6 is 11.8 Å². The molecule has 2 aromatic carbocycles. The van der Waals surface area contributed by atoms with E-state index in [4.69, 9.17) is 0 Å². The van der Waals surface area contributed by atoms with Gasteiger partial charge in [-0.1, -0.05) is 53.7 Å². The molecule has 0 radical (unpaired) electrons. The lowest BCUT2D eigenvalue weighted by Gasteiger charge is -2.13. The van der Waals surface area contributed by atoms with E-state index < -0.39 is 5.25 Å². The summed E-state index contributed by atoms with van der Waals surface area (Å²) in [6, 6.07) is 17.0. The Morgan fingerprint density at radius 1 is 1.22 bits per heavy atom. The van der Waals surface area contributed by atoms with Crippen molar-refractivity contribution >= 4 is 40.1 Å². The summed E-state index contributed by atoms with van der Waals surface area (Å²) in [7, 11) is 0. The molecular formula is C21H21N3O2S. The topological polar surface area (TPSA) is 61.8 Å². The van der Waals surface area contributed by atoms with Crippen molar-refractivity contribution < 1.29 is 9.59 Å². The molecule has 0 bridgehead atoms. The number of anilines is 1. The first-order valence-corrected chi connectivity index (χ1v) is 9.54. The fraction of sp³-hybridized carbons (Fsp3) is 0.190. The van der Waals surface area contributed by atoms with Crippen LogP contribution in [0, 0.1) is 6.92 Å². The minimum atomic E-state index is -0.488. The number of para-hydroxylation sites is 1. The minimum Gasteiger partial charge on any atom is -0.326 e. The van der Waals surface area contributed by atoms with Gasteiger partial charge < -0.3 is 5.32 Å². The first kappa shape index (κ1) is 18.9. The smallest absolute Gasteiger partial charge is 0.242 e. The number of carbonyl (C=O) groups excluding carboxylic acids is 2. The maximum absolute atomic E-state index is 12.7. The van der Waals surface area contributed by atoms with Crippen LogP contribution in [0.15, 0.2) is 72.2 Å². The third kappa shape index (κ3) is 4.86. The number of thioether (sulfide) groups is 1. The van der Waals surface area contributed by atoms with E-state index in [0.29, 0.717) is 11.7 Å². The van der Waals surface area contributed by atoms with Crippen LogP contribution in [0.2, 0.25) is 0 Å². The predicted molar refractivity (Wildman–Crippen MR) is 111 cm³/mol. The van der Waals surface area contributed by atoms with Crippen molar-refractivity contribution in [2.45, 2.75) is 18.6 Å². The summed E-state index contributed by atoms with van der Waals surface area (Å²) in [6.45, 7) is 6.07. The molecule has 0 aromatic heterocycles. The average molecular weight is 379 g/mol. The van der Waals surface area contributed by atoms with Crippen LogP contribution in [0.4, 0.5) is 11.4 Å². The first-order chi connectivity index (χ1) is 13.1. The second-order valence-corrected chi connectivity index (χ2v) is 7.36. The summed E-state index contributed by atoms with van der Waals surface area (Å²) < 4.78 is 0. The van der Waals surface area contributed by atoms with Gasteiger partial charge in [0.2, 0.25) is 11.8 Å². The summed E-state index contributed by atoms with van der Waals surface area (Å²) in [6.07, 6.45) is 1.76. The molecule has 0 unspecified atom stereocenters. The van der Waals surface area contributed by atoms with Crippen molar-refractivity contribution in [3.63, 3.8) is 0 Å². The van der Waals surface area contributed by atoms with Crippen LogP contribution in [0.5, 0.6) is 0 Å².